The molecule has 1 rings (SSSR count). The van der Waals surface area contributed by atoms with Crippen molar-refractivity contribution >= 4 is 6.09 Å². The van der Waals surface area contributed by atoms with Crippen molar-refractivity contribution in [1.82, 2.24) is 5.32 Å². The standard InChI is InChI=1S/C12H20N2O2/c1-11(2,3)16-10(15)14-9-6-8(7-13)12(9,4)5/h8-9H,6H2,1-5H3,(H,14,15). The van der Waals surface area contributed by atoms with Gasteiger partial charge in [0.25, 0.3) is 0 Å². The third-order valence-corrected chi connectivity index (χ3v) is 3.11. The van der Waals surface area contributed by atoms with E-state index in [0.717, 1.165) is 0 Å². The molecule has 16 heavy (non-hydrogen) atoms. The lowest BCUT2D eigenvalue weighted by Gasteiger charge is -2.48. The highest BCUT2D eigenvalue weighted by Gasteiger charge is 2.49. The van der Waals surface area contributed by atoms with Crippen molar-refractivity contribution in [1.29, 1.82) is 5.26 Å². The molecule has 0 spiro atoms. The number of nitrogens with one attached hydrogen (secondary N) is 1. The first-order valence-corrected chi connectivity index (χ1v) is 5.56. The molecule has 0 aliphatic heterocycles. The van der Waals surface area contributed by atoms with Crippen LogP contribution in [0.5, 0.6) is 0 Å². The molecule has 2 atom stereocenters. The average Bonchev–Trinajstić information content (AvgIpc) is 2.08. The first-order valence-electron chi connectivity index (χ1n) is 5.56. The topological polar surface area (TPSA) is 62.1 Å². The Bertz CT molecular complexity index is 323. The first kappa shape index (κ1) is 12.8. The zero-order valence-corrected chi connectivity index (χ0v) is 10.6. The van der Waals surface area contributed by atoms with Crippen LogP contribution < -0.4 is 5.32 Å². The highest BCUT2D eigenvalue weighted by molar-refractivity contribution is 5.68. The fourth-order valence-electron chi connectivity index (χ4n) is 1.84. The molecule has 1 fully saturated rings. The summed E-state index contributed by atoms with van der Waals surface area (Å²) in [6, 6.07) is 2.29. The van der Waals surface area contributed by atoms with Gasteiger partial charge < -0.3 is 10.1 Å². The summed E-state index contributed by atoms with van der Waals surface area (Å²) in [4.78, 5) is 11.5. The zero-order valence-electron chi connectivity index (χ0n) is 10.6. The van der Waals surface area contributed by atoms with Crippen LogP contribution in [0.4, 0.5) is 4.79 Å². The van der Waals surface area contributed by atoms with Crippen LogP contribution in [0.15, 0.2) is 0 Å². The lowest BCUT2D eigenvalue weighted by molar-refractivity contribution is 0.0178. The highest BCUT2D eigenvalue weighted by Crippen LogP contribution is 2.45. The third-order valence-electron chi connectivity index (χ3n) is 3.11. The van der Waals surface area contributed by atoms with Crippen LogP contribution in [0.3, 0.4) is 0 Å². The number of rotatable bonds is 1. The van der Waals surface area contributed by atoms with Crippen LogP contribution >= 0.6 is 0 Å². The Kier molecular flexibility index (Phi) is 3.18. The number of hydrogen-bond donors (Lipinski definition) is 1. The minimum absolute atomic E-state index is 0.0208. The van der Waals surface area contributed by atoms with Gasteiger partial charge in [0.1, 0.15) is 5.60 Å². The summed E-state index contributed by atoms with van der Waals surface area (Å²) in [7, 11) is 0. The number of alkyl carbamates (subject to hydrolysis) is 1. The Labute approximate surface area is 97.0 Å². The molecule has 2 unspecified atom stereocenters. The maximum atomic E-state index is 11.5. The maximum absolute atomic E-state index is 11.5. The SMILES string of the molecule is CC(C)(C)OC(=O)NC1CC(C#N)C1(C)C. The van der Waals surface area contributed by atoms with E-state index in [1.165, 1.54) is 0 Å². The van der Waals surface area contributed by atoms with Crippen LogP contribution in [0.25, 0.3) is 0 Å². The molecule has 0 saturated heterocycles. The second-order valence-corrected chi connectivity index (χ2v) is 5.94. The van der Waals surface area contributed by atoms with Gasteiger partial charge in [0.05, 0.1) is 12.0 Å². The molecule has 0 aromatic heterocycles. The lowest BCUT2D eigenvalue weighted by atomic mass is 9.59. The molecular formula is C12H20N2O2. The second-order valence-electron chi connectivity index (χ2n) is 5.94. The van der Waals surface area contributed by atoms with Gasteiger partial charge in [-0.05, 0) is 27.2 Å². The minimum atomic E-state index is -0.480. The number of nitriles is 1. The van der Waals surface area contributed by atoms with E-state index < -0.39 is 11.7 Å². The fraction of sp³-hybridized carbons (Fsp3) is 0.833. The molecule has 1 saturated carbocycles. The van der Waals surface area contributed by atoms with Crippen molar-refractivity contribution in [3.8, 4) is 6.07 Å². The van der Waals surface area contributed by atoms with Crippen LogP contribution in [-0.2, 0) is 4.74 Å². The number of hydrogen-bond acceptors (Lipinski definition) is 3. The van der Waals surface area contributed by atoms with Crippen molar-refractivity contribution in [2.24, 2.45) is 11.3 Å². The van der Waals surface area contributed by atoms with Gasteiger partial charge in [-0.15, -0.1) is 0 Å². The number of carbonyl (C=O) groups is 1. The van der Waals surface area contributed by atoms with Gasteiger partial charge in [-0.1, -0.05) is 13.8 Å². The largest absolute Gasteiger partial charge is 0.444 e. The number of nitrogens with zero attached hydrogens (tertiary/aromatic N) is 1. The molecule has 1 aliphatic rings. The van der Waals surface area contributed by atoms with Gasteiger partial charge in [0.15, 0.2) is 0 Å². The van der Waals surface area contributed by atoms with Gasteiger partial charge in [0, 0.05) is 11.5 Å². The Hall–Kier alpha value is -1.24. The van der Waals surface area contributed by atoms with Gasteiger partial charge in [-0.25, -0.2) is 4.79 Å². The summed E-state index contributed by atoms with van der Waals surface area (Å²) in [5.74, 6) is 0.0208. The van der Waals surface area contributed by atoms with Crippen molar-refractivity contribution in [2.45, 2.75) is 52.7 Å². The van der Waals surface area contributed by atoms with Crippen molar-refractivity contribution < 1.29 is 9.53 Å². The summed E-state index contributed by atoms with van der Waals surface area (Å²) in [6.07, 6.45) is 0.310. The van der Waals surface area contributed by atoms with Gasteiger partial charge in [-0.2, -0.15) is 5.26 Å². The first-order chi connectivity index (χ1) is 7.16. The van der Waals surface area contributed by atoms with Crippen molar-refractivity contribution in [2.75, 3.05) is 0 Å². The molecule has 0 radical (unpaired) electrons. The quantitative estimate of drug-likeness (QED) is 0.744. The second kappa shape index (κ2) is 3.97. The molecule has 0 aromatic rings. The van der Waals surface area contributed by atoms with Crippen LogP contribution in [0.1, 0.15) is 41.0 Å². The van der Waals surface area contributed by atoms with E-state index in [0.29, 0.717) is 6.42 Å². The minimum Gasteiger partial charge on any atom is -0.444 e. The van der Waals surface area contributed by atoms with E-state index in [1.807, 2.05) is 34.6 Å². The molecule has 0 bridgehead atoms. The zero-order chi connectivity index (χ0) is 12.6. The Morgan fingerprint density at radius 2 is 2.06 bits per heavy atom. The third kappa shape index (κ3) is 2.66. The fourth-order valence-corrected chi connectivity index (χ4v) is 1.84. The lowest BCUT2D eigenvalue weighted by Crippen LogP contribution is -2.58. The molecular weight excluding hydrogens is 204 g/mol. The van der Waals surface area contributed by atoms with Crippen molar-refractivity contribution in [3.05, 3.63) is 0 Å². The van der Waals surface area contributed by atoms with Crippen LogP contribution in [0, 0.1) is 22.7 Å². The van der Waals surface area contributed by atoms with Gasteiger partial charge >= 0.3 is 6.09 Å². The molecule has 90 valence electrons. The molecule has 4 nitrogen and oxygen atoms in total. The molecule has 1 aliphatic carbocycles. The normalized spacial score (nSPS) is 27.5. The number of amides is 1. The van der Waals surface area contributed by atoms with E-state index in [1.54, 1.807) is 0 Å². The number of carbonyl (C=O) groups excluding carboxylic acids is 1. The Morgan fingerprint density at radius 1 is 1.50 bits per heavy atom. The number of ether oxygens (including phenoxy) is 1. The predicted molar refractivity (Wildman–Crippen MR) is 60.7 cm³/mol. The summed E-state index contributed by atoms with van der Waals surface area (Å²) in [5, 5.41) is 11.7. The van der Waals surface area contributed by atoms with Crippen LogP contribution in [-0.4, -0.2) is 17.7 Å². The highest BCUT2D eigenvalue weighted by atomic mass is 16.6. The van der Waals surface area contributed by atoms with Gasteiger partial charge in [-0.3, -0.25) is 0 Å². The van der Waals surface area contributed by atoms with Gasteiger partial charge in [0.2, 0.25) is 0 Å². The molecule has 1 N–H and O–H groups in total. The van der Waals surface area contributed by atoms with E-state index in [4.69, 9.17) is 10.00 Å². The average molecular weight is 224 g/mol. The summed E-state index contributed by atoms with van der Waals surface area (Å²) in [6.45, 7) is 9.47. The van der Waals surface area contributed by atoms with E-state index >= 15 is 0 Å². The molecule has 0 aromatic carbocycles. The maximum Gasteiger partial charge on any atom is 0.407 e. The molecule has 0 heterocycles. The predicted octanol–water partition coefficient (Wildman–Crippen LogP) is 2.45. The van der Waals surface area contributed by atoms with E-state index in [2.05, 4.69) is 11.4 Å². The Morgan fingerprint density at radius 3 is 2.44 bits per heavy atom. The van der Waals surface area contributed by atoms with E-state index in [-0.39, 0.29) is 17.4 Å². The summed E-state index contributed by atoms with van der Waals surface area (Å²) in [5.41, 5.74) is -0.641. The van der Waals surface area contributed by atoms with Crippen LogP contribution in [0.2, 0.25) is 0 Å². The monoisotopic (exact) mass is 224 g/mol. The smallest absolute Gasteiger partial charge is 0.407 e. The summed E-state index contributed by atoms with van der Waals surface area (Å²) < 4.78 is 5.17. The molecule has 4 heteroatoms. The van der Waals surface area contributed by atoms with Crippen molar-refractivity contribution in [3.63, 3.8) is 0 Å². The summed E-state index contributed by atoms with van der Waals surface area (Å²) >= 11 is 0. The van der Waals surface area contributed by atoms with E-state index in [9.17, 15) is 4.79 Å². The Balaban J connectivity index is 2.47. The molecule has 1 amide bonds.